The SMILES string of the molecule is CC1(C)CCCCC1NS(=O)(=O)c1cnc(N)c(Cl)c1. The number of pyridine rings is 1. The van der Waals surface area contributed by atoms with Crippen LogP contribution in [0.1, 0.15) is 39.5 Å². The zero-order valence-electron chi connectivity index (χ0n) is 11.7. The molecular weight excluding hydrogens is 298 g/mol. The van der Waals surface area contributed by atoms with Crippen LogP contribution in [0.2, 0.25) is 5.02 Å². The zero-order chi connectivity index (χ0) is 15.0. The molecule has 20 heavy (non-hydrogen) atoms. The number of halogens is 1. The number of nitrogens with zero attached hydrogens (tertiary/aromatic N) is 1. The molecule has 0 radical (unpaired) electrons. The van der Waals surface area contributed by atoms with Gasteiger partial charge in [0.15, 0.2) is 0 Å². The third-order valence-electron chi connectivity index (χ3n) is 3.96. The first-order chi connectivity index (χ1) is 9.22. The minimum absolute atomic E-state index is 0.0453. The summed E-state index contributed by atoms with van der Waals surface area (Å²) in [4.78, 5) is 3.85. The maximum Gasteiger partial charge on any atom is 0.242 e. The van der Waals surface area contributed by atoms with Gasteiger partial charge < -0.3 is 5.73 Å². The highest BCUT2D eigenvalue weighted by Gasteiger charge is 2.35. The van der Waals surface area contributed by atoms with Crippen molar-refractivity contribution >= 4 is 27.4 Å². The number of sulfonamides is 1. The summed E-state index contributed by atoms with van der Waals surface area (Å²) in [7, 11) is -3.62. The normalized spacial score (nSPS) is 22.6. The molecule has 1 fully saturated rings. The molecule has 7 heteroatoms. The molecule has 2 rings (SSSR count). The second-order valence-electron chi connectivity index (χ2n) is 5.95. The summed E-state index contributed by atoms with van der Waals surface area (Å²) in [6, 6.07) is 1.26. The van der Waals surface area contributed by atoms with E-state index in [-0.39, 0.29) is 27.2 Å². The van der Waals surface area contributed by atoms with Gasteiger partial charge in [-0.25, -0.2) is 18.1 Å². The first-order valence-electron chi connectivity index (χ1n) is 6.66. The van der Waals surface area contributed by atoms with Crippen molar-refractivity contribution in [3.8, 4) is 0 Å². The Kier molecular flexibility index (Phi) is 4.27. The molecule has 1 aliphatic carbocycles. The lowest BCUT2D eigenvalue weighted by atomic mass is 9.74. The van der Waals surface area contributed by atoms with Gasteiger partial charge in [-0.05, 0) is 24.3 Å². The number of nitrogens with one attached hydrogen (secondary N) is 1. The smallest absolute Gasteiger partial charge is 0.242 e. The molecule has 1 aliphatic rings. The lowest BCUT2D eigenvalue weighted by Crippen LogP contribution is -2.46. The molecule has 0 aliphatic heterocycles. The molecule has 1 atom stereocenters. The van der Waals surface area contributed by atoms with Crippen LogP contribution >= 0.6 is 11.6 Å². The highest BCUT2D eigenvalue weighted by atomic mass is 35.5. The third-order valence-corrected chi connectivity index (χ3v) is 5.70. The second-order valence-corrected chi connectivity index (χ2v) is 8.07. The number of nitrogens with two attached hydrogens (primary N) is 1. The topological polar surface area (TPSA) is 85.1 Å². The molecule has 1 heterocycles. The van der Waals surface area contributed by atoms with Gasteiger partial charge >= 0.3 is 0 Å². The van der Waals surface area contributed by atoms with E-state index in [0.29, 0.717) is 0 Å². The van der Waals surface area contributed by atoms with E-state index >= 15 is 0 Å². The molecule has 0 saturated heterocycles. The first kappa shape index (κ1) is 15.5. The van der Waals surface area contributed by atoms with Crippen LogP contribution in [-0.2, 0) is 10.0 Å². The Balaban J connectivity index is 2.24. The maximum atomic E-state index is 12.4. The van der Waals surface area contributed by atoms with Crippen molar-refractivity contribution < 1.29 is 8.42 Å². The minimum atomic E-state index is -3.62. The van der Waals surface area contributed by atoms with Gasteiger partial charge in [-0.15, -0.1) is 0 Å². The average Bonchev–Trinajstić information content (AvgIpc) is 2.35. The number of nitrogen functional groups attached to an aromatic ring is 1. The maximum absolute atomic E-state index is 12.4. The van der Waals surface area contributed by atoms with Crippen LogP contribution in [0.3, 0.4) is 0 Å². The van der Waals surface area contributed by atoms with Crippen molar-refractivity contribution in [2.45, 2.75) is 50.5 Å². The van der Waals surface area contributed by atoms with Crippen molar-refractivity contribution in [3.63, 3.8) is 0 Å². The quantitative estimate of drug-likeness (QED) is 0.897. The van der Waals surface area contributed by atoms with Gasteiger partial charge in [0, 0.05) is 12.2 Å². The summed E-state index contributed by atoms with van der Waals surface area (Å²) >= 11 is 5.84. The van der Waals surface area contributed by atoms with Gasteiger partial charge in [0.25, 0.3) is 0 Å². The predicted molar refractivity (Wildman–Crippen MR) is 80.0 cm³/mol. The molecule has 1 aromatic heterocycles. The summed E-state index contributed by atoms with van der Waals surface area (Å²) in [6.45, 7) is 4.18. The summed E-state index contributed by atoms with van der Waals surface area (Å²) in [5.41, 5.74) is 5.46. The lowest BCUT2D eigenvalue weighted by molar-refractivity contribution is 0.188. The average molecular weight is 318 g/mol. The fourth-order valence-electron chi connectivity index (χ4n) is 2.55. The summed E-state index contributed by atoms with van der Waals surface area (Å²) in [6.07, 6.45) is 5.28. The van der Waals surface area contributed by atoms with E-state index in [2.05, 4.69) is 23.6 Å². The van der Waals surface area contributed by atoms with Gasteiger partial charge in [-0.2, -0.15) is 0 Å². The van der Waals surface area contributed by atoms with Crippen LogP contribution in [0.25, 0.3) is 0 Å². The molecule has 1 saturated carbocycles. The minimum Gasteiger partial charge on any atom is -0.382 e. The van der Waals surface area contributed by atoms with E-state index in [4.69, 9.17) is 17.3 Å². The highest BCUT2D eigenvalue weighted by Crippen LogP contribution is 2.36. The van der Waals surface area contributed by atoms with Crippen molar-refractivity contribution in [3.05, 3.63) is 17.3 Å². The molecule has 1 aromatic rings. The molecular formula is C13H20ClN3O2S. The number of aromatic nitrogens is 1. The predicted octanol–water partition coefficient (Wildman–Crippen LogP) is 2.56. The van der Waals surface area contributed by atoms with E-state index in [1.165, 1.54) is 12.3 Å². The van der Waals surface area contributed by atoms with Gasteiger partial charge in [0.05, 0.1) is 5.02 Å². The van der Waals surface area contributed by atoms with Crippen molar-refractivity contribution in [1.82, 2.24) is 9.71 Å². The molecule has 0 aromatic carbocycles. The largest absolute Gasteiger partial charge is 0.382 e. The Labute approximate surface area is 125 Å². The number of hydrogen-bond acceptors (Lipinski definition) is 4. The van der Waals surface area contributed by atoms with Crippen LogP contribution in [0.15, 0.2) is 17.2 Å². The third kappa shape index (κ3) is 3.24. The van der Waals surface area contributed by atoms with Gasteiger partial charge in [0.2, 0.25) is 10.0 Å². The number of anilines is 1. The Morgan fingerprint density at radius 3 is 2.75 bits per heavy atom. The molecule has 0 spiro atoms. The van der Waals surface area contributed by atoms with E-state index in [1.807, 2.05) is 0 Å². The molecule has 1 unspecified atom stereocenters. The Bertz CT molecular complexity index is 602. The van der Waals surface area contributed by atoms with Crippen LogP contribution in [0.5, 0.6) is 0 Å². The fraction of sp³-hybridized carbons (Fsp3) is 0.615. The molecule has 0 amide bonds. The Morgan fingerprint density at radius 2 is 2.15 bits per heavy atom. The Hall–Kier alpha value is -0.850. The van der Waals surface area contributed by atoms with Crippen LogP contribution < -0.4 is 10.5 Å². The molecule has 3 N–H and O–H groups in total. The van der Waals surface area contributed by atoms with Gasteiger partial charge in [0.1, 0.15) is 10.7 Å². The fourth-order valence-corrected chi connectivity index (χ4v) is 4.19. The van der Waals surface area contributed by atoms with E-state index in [9.17, 15) is 8.42 Å². The van der Waals surface area contributed by atoms with E-state index in [0.717, 1.165) is 25.7 Å². The monoisotopic (exact) mass is 317 g/mol. The first-order valence-corrected chi connectivity index (χ1v) is 8.52. The summed E-state index contributed by atoms with van der Waals surface area (Å²) in [5.74, 6) is 0.128. The van der Waals surface area contributed by atoms with Crippen LogP contribution in [-0.4, -0.2) is 19.4 Å². The summed E-state index contributed by atoms with van der Waals surface area (Å²) in [5, 5.41) is 0.149. The zero-order valence-corrected chi connectivity index (χ0v) is 13.3. The lowest BCUT2D eigenvalue weighted by Gasteiger charge is -2.38. The Morgan fingerprint density at radius 1 is 1.45 bits per heavy atom. The van der Waals surface area contributed by atoms with Crippen molar-refractivity contribution in [2.24, 2.45) is 5.41 Å². The van der Waals surface area contributed by atoms with Gasteiger partial charge in [-0.3, -0.25) is 0 Å². The second kappa shape index (κ2) is 5.50. The number of rotatable bonds is 3. The van der Waals surface area contributed by atoms with Crippen molar-refractivity contribution in [2.75, 3.05) is 5.73 Å². The van der Waals surface area contributed by atoms with Crippen LogP contribution in [0, 0.1) is 5.41 Å². The van der Waals surface area contributed by atoms with Crippen molar-refractivity contribution in [1.29, 1.82) is 0 Å². The standard InChI is InChI=1S/C13H20ClN3O2S/c1-13(2)6-4-3-5-11(13)17-20(18,19)9-7-10(14)12(15)16-8-9/h7-8,11,17H,3-6H2,1-2H3,(H2,15,16). The molecule has 112 valence electrons. The summed E-state index contributed by atoms with van der Waals surface area (Å²) < 4.78 is 27.6. The van der Waals surface area contributed by atoms with E-state index < -0.39 is 10.0 Å². The molecule has 0 bridgehead atoms. The van der Waals surface area contributed by atoms with E-state index in [1.54, 1.807) is 0 Å². The van der Waals surface area contributed by atoms with Crippen LogP contribution in [0.4, 0.5) is 5.82 Å². The number of hydrogen-bond donors (Lipinski definition) is 2. The highest BCUT2D eigenvalue weighted by molar-refractivity contribution is 7.89. The molecule has 5 nitrogen and oxygen atoms in total. The van der Waals surface area contributed by atoms with Gasteiger partial charge in [-0.1, -0.05) is 38.3 Å².